The molecular formula is C20H15FN2O2. The summed E-state index contributed by atoms with van der Waals surface area (Å²) in [6.45, 7) is 4.01. The summed E-state index contributed by atoms with van der Waals surface area (Å²) in [5.41, 5.74) is 2.69. The summed E-state index contributed by atoms with van der Waals surface area (Å²) in [5.74, 6) is -0.0951. The zero-order chi connectivity index (χ0) is 17.9. The number of halogens is 1. The fourth-order valence-electron chi connectivity index (χ4n) is 3.64. The van der Waals surface area contributed by atoms with Crippen molar-refractivity contribution in [3.63, 3.8) is 0 Å². The lowest BCUT2D eigenvalue weighted by Crippen LogP contribution is -2.30. The molecule has 0 bridgehead atoms. The molecule has 0 saturated carbocycles. The Bertz CT molecular complexity index is 1100. The average Bonchev–Trinajstić information content (AvgIpc) is 2.98. The molecule has 4 rings (SSSR count). The van der Waals surface area contributed by atoms with Crippen LogP contribution in [0.2, 0.25) is 0 Å². The number of rotatable bonds is 1. The van der Waals surface area contributed by atoms with Crippen LogP contribution in [0.3, 0.4) is 0 Å². The van der Waals surface area contributed by atoms with Gasteiger partial charge in [0, 0.05) is 27.6 Å². The van der Waals surface area contributed by atoms with Crippen molar-refractivity contribution >= 4 is 16.7 Å². The highest BCUT2D eigenvalue weighted by atomic mass is 19.1. The van der Waals surface area contributed by atoms with Crippen molar-refractivity contribution in [2.45, 2.75) is 19.3 Å². The molecule has 0 fully saturated rings. The number of hydrogen-bond acceptors (Lipinski definition) is 3. The summed E-state index contributed by atoms with van der Waals surface area (Å²) >= 11 is 0. The van der Waals surface area contributed by atoms with E-state index >= 15 is 0 Å². The van der Waals surface area contributed by atoms with Crippen LogP contribution in [-0.4, -0.2) is 17.9 Å². The number of carbonyl (C=O) groups excluding carboxylic acids is 1. The fourth-order valence-corrected chi connectivity index (χ4v) is 3.64. The predicted molar refractivity (Wildman–Crippen MR) is 91.5 cm³/mol. The lowest BCUT2D eigenvalue weighted by atomic mass is 9.71. The molecule has 0 unspecified atom stereocenters. The number of carbonyl (C=O) groups is 1. The third kappa shape index (κ3) is 1.94. The lowest BCUT2D eigenvalue weighted by molar-refractivity contribution is 0.103. The Morgan fingerprint density at radius 1 is 1.24 bits per heavy atom. The van der Waals surface area contributed by atoms with Gasteiger partial charge in [-0.05, 0) is 35.9 Å². The highest BCUT2D eigenvalue weighted by Gasteiger charge is 2.40. The van der Waals surface area contributed by atoms with Crippen molar-refractivity contribution in [3.05, 3.63) is 64.1 Å². The molecule has 5 heteroatoms. The predicted octanol–water partition coefficient (Wildman–Crippen LogP) is 4.06. The molecule has 0 amide bonds. The average molecular weight is 334 g/mol. The number of nitrogens with one attached hydrogen (secondary N) is 1. The number of benzene rings is 2. The number of ketones is 1. The van der Waals surface area contributed by atoms with Crippen LogP contribution in [0, 0.1) is 17.1 Å². The standard InChI is InChI=1S/C20H15FN2O2/c1-20(2)14-7-11(25-3)4-5-12(14)18(24)17-13-8-15(21)10(9-22)6-16(13)23-19(17)20/h4-8,23H,1-3H3. The molecule has 1 aliphatic rings. The first kappa shape index (κ1) is 15.4. The molecular weight excluding hydrogens is 319 g/mol. The number of ether oxygens (including phenoxy) is 1. The van der Waals surface area contributed by atoms with E-state index in [0.29, 0.717) is 27.8 Å². The summed E-state index contributed by atoms with van der Waals surface area (Å²) in [4.78, 5) is 16.3. The number of aromatic nitrogens is 1. The number of aromatic amines is 1. The van der Waals surface area contributed by atoms with Crippen molar-refractivity contribution in [3.8, 4) is 11.8 Å². The number of nitriles is 1. The molecule has 0 spiro atoms. The van der Waals surface area contributed by atoms with Crippen molar-refractivity contribution < 1.29 is 13.9 Å². The van der Waals surface area contributed by atoms with E-state index in [1.165, 1.54) is 12.1 Å². The van der Waals surface area contributed by atoms with E-state index in [-0.39, 0.29) is 11.3 Å². The van der Waals surface area contributed by atoms with Gasteiger partial charge in [-0.2, -0.15) is 5.26 Å². The summed E-state index contributed by atoms with van der Waals surface area (Å²) in [7, 11) is 1.58. The molecule has 25 heavy (non-hydrogen) atoms. The third-order valence-electron chi connectivity index (χ3n) is 5.00. The summed E-state index contributed by atoms with van der Waals surface area (Å²) < 4.78 is 19.4. The zero-order valence-electron chi connectivity index (χ0n) is 14.0. The topological polar surface area (TPSA) is 65.9 Å². The normalized spacial score (nSPS) is 14.8. The minimum atomic E-state index is -0.622. The second kappa shape index (κ2) is 4.93. The van der Waals surface area contributed by atoms with Gasteiger partial charge in [-0.1, -0.05) is 13.8 Å². The molecule has 1 aromatic heterocycles. The first-order valence-corrected chi connectivity index (χ1v) is 7.87. The molecule has 0 radical (unpaired) electrons. The van der Waals surface area contributed by atoms with Crippen LogP contribution in [0.15, 0.2) is 30.3 Å². The molecule has 1 heterocycles. The number of H-pyrrole nitrogens is 1. The van der Waals surface area contributed by atoms with Gasteiger partial charge >= 0.3 is 0 Å². The van der Waals surface area contributed by atoms with Gasteiger partial charge in [0.2, 0.25) is 0 Å². The highest BCUT2D eigenvalue weighted by Crippen LogP contribution is 2.44. The fraction of sp³-hybridized carbons (Fsp3) is 0.200. The number of fused-ring (bicyclic) bond motifs is 4. The summed E-state index contributed by atoms with van der Waals surface area (Å²) in [6.07, 6.45) is 0. The van der Waals surface area contributed by atoms with Crippen molar-refractivity contribution in [2.24, 2.45) is 0 Å². The zero-order valence-corrected chi connectivity index (χ0v) is 14.0. The van der Waals surface area contributed by atoms with E-state index in [4.69, 9.17) is 10.00 Å². The van der Waals surface area contributed by atoms with Gasteiger partial charge in [0.05, 0.1) is 18.2 Å². The maximum Gasteiger partial charge on any atom is 0.195 e. The first-order chi connectivity index (χ1) is 11.9. The van der Waals surface area contributed by atoms with Gasteiger partial charge in [-0.3, -0.25) is 4.79 Å². The Labute approximate surface area is 143 Å². The Balaban J connectivity index is 2.07. The minimum Gasteiger partial charge on any atom is -0.497 e. The minimum absolute atomic E-state index is 0.0458. The Kier molecular flexibility index (Phi) is 3.04. The van der Waals surface area contributed by atoms with E-state index in [1.807, 2.05) is 26.0 Å². The van der Waals surface area contributed by atoms with Gasteiger partial charge < -0.3 is 9.72 Å². The van der Waals surface area contributed by atoms with Gasteiger partial charge in [0.1, 0.15) is 17.6 Å². The van der Waals surface area contributed by atoms with E-state index in [9.17, 15) is 9.18 Å². The van der Waals surface area contributed by atoms with E-state index < -0.39 is 11.2 Å². The third-order valence-corrected chi connectivity index (χ3v) is 5.00. The molecule has 0 atom stereocenters. The number of nitrogens with zero attached hydrogens (tertiary/aromatic N) is 1. The first-order valence-electron chi connectivity index (χ1n) is 7.87. The monoisotopic (exact) mass is 334 g/mol. The smallest absolute Gasteiger partial charge is 0.195 e. The van der Waals surface area contributed by atoms with Gasteiger partial charge in [0.15, 0.2) is 5.78 Å². The van der Waals surface area contributed by atoms with Crippen LogP contribution in [0.4, 0.5) is 4.39 Å². The lowest BCUT2D eigenvalue weighted by Gasteiger charge is -2.32. The number of methoxy groups -OCH3 is 1. The van der Waals surface area contributed by atoms with Crippen molar-refractivity contribution in [1.29, 1.82) is 5.26 Å². The van der Waals surface area contributed by atoms with E-state index in [1.54, 1.807) is 19.2 Å². The van der Waals surface area contributed by atoms with Crippen LogP contribution in [0.1, 0.15) is 46.6 Å². The van der Waals surface area contributed by atoms with Crippen LogP contribution in [0.5, 0.6) is 5.75 Å². The molecule has 4 nitrogen and oxygen atoms in total. The summed E-state index contributed by atoms with van der Waals surface area (Å²) in [5, 5.41) is 9.56. The molecule has 2 aromatic carbocycles. The highest BCUT2D eigenvalue weighted by molar-refractivity contribution is 6.20. The maximum absolute atomic E-state index is 14.1. The SMILES string of the molecule is COc1ccc2c(c1)C(C)(C)c1[nH]c3cc(C#N)c(F)cc3c1C2=O. The second-order valence-electron chi connectivity index (χ2n) is 6.73. The molecule has 0 aliphatic heterocycles. The quantitative estimate of drug-likeness (QED) is 0.730. The molecule has 1 aliphatic carbocycles. The molecule has 1 N–H and O–H groups in total. The Hall–Kier alpha value is -3.13. The van der Waals surface area contributed by atoms with Crippen molar-refractivity contribution in [1.82, 2.24) is 4.98 Å². The Morgan fingerprint density at radius 3 is 2.68 bits per heavy atom. The van der Waals surface area contributed by atoms with Crippen molar-refractivity contribution in [2.75, 3.05) is 7.11 Å². The number of hydrogen-bond donors (Lipinski definition) is 1. The van der Waals surface area contributed by atoms with Crippen LogP contribution >= 0.6 is 0 Å². The largest absolute Gasteiger partial charge is 0.497 e. The van der Waals surface area contributed by atoms with E-state index in [0.717, 1.165) is 11.3 Å². The van der Waals surface area contributed by atoms with Gasteiger partial charge in [-0.25, -0.2) is 4.39 Å². The second-order valence-corrected chi connectivity index (χ2v) is 6.73. The molecule has 3 aromatic rings. The summed E-state index contributed by atoms with van der Waals surface area (Å²) in [6, 6.07) is 9.93. The molecule has 0 saturated heterocycles. The molecule has 124 valence electrons. The maximum atomic E-state index is 14.1. The van der Waals surface area contributed by atoms with Gasteiger partial charge in [0.25, 0.3) is 0 Å². The van der Waals surface area contributed by atoms with Crippen LogP contribution in [-0.2, 0) is 5.41 Å². The Morgan fingerprint density at radius 2 is 2.00 bits per heavy atom. The van der Waals surface area contributed by atoms with Crippen LogP contribution < -0.4 is 4.74 Å². The van der Waals surface area contributed by atoms with Gasteiger partial charge in [-0.15, -0.1) is 0 Å². The van der Waals surface area contributed by atoms with E-state index in [2.05, 4.69) is 4.98 Å². The van der Waals surface area contributed by atoms with Crippen LogP contribution in [0.25, 0.3) is 10.9 Å².